The molecule has 1 unspecified atom stereocenters. The molecule has 4 nitrogen and oxygen atoms in total. The van der Waals surface area contributed by atoms with Crippen molar-refractivity contribution in [1.82, 2.24) is 9.88 Å². The van der Waals surface area contributed by atoms with Gasteiger partial charge < -0.3 is 10.2 Å². The quantitative estimate of drug-likeness (QED) is 0.869. The van der Waals surface area contributed by atoms with Crippen LogP contribution in [0.15, 0.2) is 22.6 Å². The van der Waals surface area contributed by atoms with Crippen LogP contribution in [0.1, 0.15) is 44.9 Å². The molecule has 2 N–H and O–H groups in total. The van der Waals surface area contributed by atoms with Gasteiger partial charge in [-0.25, -0.2) is 4.98 Å². The molecule has 1 fully saturated rings. The van der Waals surface area contributed by atoms with E-state index < -0.39 is 0 Å². The highest BCUT2D eigenvalue weighted by atomic mass is 16.3. The second kappa shape index (κ2) is 6.48. The van der Waals surface area contributed by atoms with Crippen molar-refractivity contribution >= 4 is 16.8 Å². The highest BCUT2D eigenvalue weighted by Crippen LogP contribution is 2.25. The smallest absolute Gasteiger partial charge is 0.209 e. The van der Waals surface area contributed by atoms with E-state index in [0.29, 0.717) is 5.69 Å². The first-order chi connectivity index (χ1) is 10.3. The highest BCUT2D eigenvalue weighted by Gasteiger charge is 2.18. The van der Waals surface area contributed by atoms with Crippen LogP contribution < -0.4 is 5.73 Å². The molecule has 1 aliphatic rings. The molecule has 0 aliphatic carbocycles. The maximum absolute atomic E-state index is 5.94. The number of oxazole rings is 1. The molecule has 2 heterocycles. The summed E-state index contributed by atoms with van der Waals surface area (Å²) in [7, 11) is 0. The van der Waals surface area contributed by atoms with Crippen molar-refractivity contribution in [1.29, 1.82) is 0 Å². The van der Waals surface area contributed by atoms with E-state index in [0.717, 1.165) is 42.5 Å². The Balaban J connectivity index is 1.66. The lowest BCUT2D eigenvalue weighted by Crippen LogP contribution is -2.24. The topological polar surface area (TPSA) is 55.3 Å². The molecular weight excluding hydrogens is 262 g/mol. The Hall–Kier alpha value is -1.55. The zero-order valence-corrected chi connectivity index (χ0v) is 12.8. The van der Waals surface area contributed by atoms with Crippen LogP contribution in [0, 0.1) is 5.92 Å². The largest absolute Gasteiger partial charge is 0.439 e. The van der Waals surface area contributed by atoms with Gasteiger partial charge in [-0.1, -0.05) is 25.8 Å². The van der Waals surface area contributed by atoms with Crippen molar-refractivity contribution in [3.05, 3.63) is 24.1 Å². The predicted octanol–water partition coefficient (Wildman–Crippen LogP) is 3.81. The summed E-state index contributed by atoms with van der Waals surface area (Å²) in [5, 5.41) is 0. The van der Waals surface area contributed by atoms with E-state index >= 15 is 0 Å². The molecule has 21 heavy (non-hydrogen) atoms. The average molecular weight is 287 g/mol. The Labute approximate surface area is 126 Å². The number of nitrogens with zero attached hydrogens (tertiary/aromatic N) is 2. The fourth-order valence-electron chi connectivity index (χ4n) is 3.35. The van der Waals surface area contributed by atoms with Crippen LogP contribution >= 0.6 is 0 Å². The third-order valence-electron chi connectivity index (χ3n) is 4.49. The van der Waals surface area contributed by atoms with Gasteiger partial charge in [0.15, 0.2) is 5.58 Å². The summed E-state index contributed by atoms with van der Waals surface area (Å²) in [6, 6.07) is 5.71. The van der Waals surface area contributed by atoms with E-state index in [4.69, 9.17) is 10.2 Å². The van der Waals surface area contributed by atoms with Gasteiger partial charge in [0.1, 0.15) is 5.52 Å². The number of hydrogen-bond acceptors (Lipinski definition) is 4. The number of para-hydroxylation sites is 1. The molecule has 1 atom stereocenters. The summed E-state index contributed by atoms with van der Waals surface area (Å²) in [4.78, 5) is 7.03. The number of anilines is 1. The lowest BCUT2D eigenvalue weighted by Gasteiger charge is -2.18. The maximum atomic E-state index is 5.94. The van der Waals surface area contributed by atoms with E-state index in [9.17, 15) is 0 Å². The van der Waals surface area contributed by atoms with Gasteiger partial charge in [-0.05, 0) is 50.4 Å². The summed E-state index contributed by atoms with van der Waals surface area (Å²) >= 11 is 0. The number of nitrogens with two attached hydrogens (primary N) is 1. The van der Waals surface area contributed by atoms with Crippen molar-refractivity contribution in [2.75, 3.05) is 18.8 Å². The zero-order valence-electron chi connectivity index (χ0n) is 12.8. The Morgan fingerprint density at radius 2 is 2.24 bits per heavy atom. The van der Waals surface area contributed by atoms with Gasteiger partial charge in [0.2, 0.25) is 5.89 Å². The SMILES string of the molecule is CCCC1CCCN(Cc2nc3c(N)cccc3o2)CC1. The van der Waals surface area contributed by atoms with E-state index in [1.807, 2.05) is 18.2 Å². The van der Waals surface area contributed by atoms with Gasteiger partial charge in [-0.15, -0.1) is 0 Å². The molecular formula is C17H25N3O. The van der Waals surface area contributed by atoms with Crippen LogP contribution in [0.5, 0.6) is 0 Å². The fraction of sp³-hybridized carbons (Fsp3) is 0.588. The van der Waals surface area contributed by atoms with Gasteiger partial charge in [0, 0.05) is 0 Å². The molecule has 1 aromatic carbocycles. The van der Waals surface area contributed by atoms with Crippen molar-refractivity contribution in [2.45, 2.75) is 45.6 Å². The second-order valence-corrected chi connectivity index (χ2v) is 6.16. The van der Waals surface area contributed by atoms with Crippen molar-refractivity contribution in [2.24, 2.45) is 5.92 Å². The molecule has 3 rings (SSSR count). The molecule has 2 aromatic rings. The number of nitrogen functional groups attached to an aromatic ring is 1. The van der Waals surface area contributed by atoms with E-state index in [1.54, 1.807) is 0 Å². The molecule has 0 saturated carbocycles. The highest BCUT2D eigenvalue weighted by molar-refractivity contribution is 5.85. The molecule has 0 radical (unpaired) electrons. The minimum absolute atomic E-state index is 0.696. The van der Waals surface area contributed by atoms with E-state index in [-0.39, 0.29) is 0 Å². The second-order valence-electron chi connectivity index (χ2n) is 6.16. The van der Waals surface area contributed by atoms with Crippen LogP contribution in [-0.4, -0.2) is 23.0 Å². The molecule has 4 heteroatoms. The Morgan fingerprint density at radius 3 is 3.05 bits per heavy atom. The van der Waals surface area contributed by atoms with Crippen molar-refractivity contribution in [3.63, 3.8) is 0 Å². The van der Waals surface area contributed by atoms with Crippen LogP contribution in [0.2, 0.25) is 0 Å². The van der Waals surface area contributed by atoms with Crippen LogP contribution in [0.4, 0.5) is 5.69 Å². The normalized spacial score (nSPS) is 20.7. The molecule has 1 aromatic heterocycles. The minimum atomic E-state index is 0.696. The fourth-order valence-corrected chi connectivity index (χ4v) is 3.35. The lowest BCUT2D eigenvalue weighted by molar-refractivity contribution is 0.246. The summed E-state index contributed by atoms with van der Waals surface area (Å²) in [5.41, 5.74) is 8.23. The third kappa shape index (κ3) is 3.38. The van der Waals surface area contributed by atoms with Crippen LogP contribution in [0.25, 0.3) is 11.1 Å². The number of fused-ring (bicyclic) bond motifs is 1. The molecule has 1 aliphatic heterocycles. The van der Waals surface area contributed by atoms with Gasteiger partial charge in [-0.2, -0.15) is 0 Å². The first-order valence-corrected chi connectivity index (χ1v) is 8.12. The number of rotatable bonds is 4. The molecule has 114 valence electrons. The Bertz CT molecular complexity index is 593. The van der Waals surface area contributed by atoms with Crippen LogP contribution in [0.3, 0.4) is 0 Å². The summed E-state index contributed by atoms with van der Waals surface area (Å²) in [5.74, 6) is 1.69. The average Bonchev–Trinajstić information content (AvgIpc) is 2.76. The Kier molecular flexibility index (Phi) is 4.44. The summed E-state index contributed by atoms with van der Waals surface area (Å²) in [6.07, 6.45) is 6.62. The maximum Gasteiger partial charge on any atom is 0.209 e. The van der Waals surface area contributed by atoms with E-state index in [1.165, 1.54) is 32.1 Å². The lowest BCUT2D eigenvalue weighted by atomic mass is 9.96. The number of hydrogen-bond donors (Lipinski definition) is 1. The molecule has 0 amide bonds. The standard InChI is InChI=1S/C17H25N3O/c1-2-5-13-6-4-10-20(11-9-13)12-16-19-17-14(18)7-3-8-15(17)21-16/h3,7-8,13H,2,4-6,9-12,18H2,1H3. The number of benzene rings is 1. The van der Waals surface area contributed by atoms with Gasteiger partial charge in [0.05, 0.1) is 12.2 Å². The first kappa shape index (κ1) is 14.4. The van der Waals surface area contributed by atoms with Crippen molar-refractivity contribution < 1.29 is 4.42 Å². The van der Waals surface area contributed by atoms with Crippen LogP contribution in [-0.2, 0) is 6.54 Å². The summed E-state index contributed by atoms with van der Waals surface area (Å²) < 4.78 is 5.83. The molecule has 1 saturated heterocycles. The van der Waals surface area contributed by atoms with Gasteiger partial charge in [-0.3, -0.25) is 4.90 Å². The zero-order chi connectivity index (χ0) is 14.7. The Morgan fingerprint density at radius 1 is 1.33 bits per heavy atom. The van der Waals surface area contributed by atoms with Gasteiger partial charge in [0.25, 0.3) is 0 Å². The third-order valence-corrected chi connectivity index (χ3v) is 4.49. The monoisotopic (exact) mass is 287 g/mol. The molecule has 0 spiro atoms. The van der Waals surface area contributed by atoms with E-state index in [2.05, 4.69) is 16.8 Å². The van der Waals surface area contributed by atoms with Gasteiger partial charge >= 0.3 is 0 Å². The summed E-state index contributed by atoms with van der Waals surface area (Å²) in [6.45, 7) is 5.38. The van der Waals surface area contributed by atoms with Crippen molar-refractivity contribution in [3.8, 4) is 0 Å². The minimum Gasteiger partial charge on any atom is -0.439 e. The molecule has 0 bridgehead atoms. The number of aromatic nitrogens is 1. The first-order valence-electron chi connectivity index (χ1n) is 8.12. The number of likely N-dealkylation sites (tertiary alicyclic amines) is 1. The predicted molar refractivity (Wildman–Crippen MR) is 85.9 cm³/mol.